The number of halogens is 1. The smallest absolute Gasteiger partial charge is 0.259 e. The Labute approximate surface area is 137 Å². The molecular weight excluding hydrogens is 316 g/mol. The lowest BCUT2D eigenvalue weighted by molar-refractivity contribution is -0.129. The van der Waals surface area contributed by atoms with Gasteiger partial charge in [0, 0.05) is 5.02 Å². The molecule has 2 heterocycles. The maximum Gasteiger partial charge on any atom is 0.259 e. The molecule has 0 aliphatic carbocycles. The summed E-state index contributed by atoms with van der Waals surface area (Å²) in [4.78, 5) is 30.0. The highest BCUT2D eigenvalue weighted by Gasteiger charge is 2.56. The van der Waals surface area contributed by atoms with Crippen molar-refractivity contribution in [2.75, 3.05) is 5.06 Å². The number of carbonyl (C=O) groups excluding carboxylic acids is 2. The average Bonchev–Trinajstić information content (AvgIpc) is 3.08. The number of benzene rings is 2. The van der Waals surface area contributed by atoms with Gasteiger partial charge < -0.3 is 0 Å². The number of hydrogen-bond acceptors (Lipinski definition) is 4. The van der Waals surface area contributed by atoms with Crippen molar-refractivity contribution in [1.82, 2.24) is 5.32 Å². The van der Waals surface area contributed by atoms with Crippen LogP contribution in [0.25, 0.3) is 0 Å². The number of hydroxylamine groups is 1. The SMILES string of the molecule is O=C1NC(=O)[C@H]2ON(c3ccc(Cl)cc3)[C@H](c3ccccc3)[C@@H]12. The molecule has 2 amide bonds. The Morgan fingerprint density at radius 3 is 2.35 bits per heavy atom. The van der Waals surface area contributed by atoms with Crippen LogP contribution in [0.1, 0.15) is 11.6 Å². The van der Waals surface area contributed by atoms with Crippen molar-refractivity contribution in [1.29, 1.82) is 0 Å². The summed E-state index contributed by atoms with van der Waals surface area (Å²) in [6.07, 6.45) is -0.802. The summed E-state index contributed by atoms with van der Waals surface area (Å²) in [5.41, 5.74) is 1.66. The summed E-state index contributed by atoms with van der Waals surface area (Å²) in [5.74, 6) is -1.26. The summed E-state index contributed by atoms with van der Waals surface area (Å²) >= 11 is 5.94. The minimum Gasteiger partial charge on any atom is -0.294 e. The van der Waals surface area contributed by atoms with E-state index in [0.29, 0.717) is 5.02 Å². The molecule has 5 nitrogen and oxygen atoms in total. The van der Waals surface area contributed by atoms with Crippen LogP contribution in [-0.4, -0.2) is 17.9 Å². The highest BCUT2D eigenvalue weighted by Crippen LogP contribution is 2.44. The van der Waals surface area contributed by atoms with Crippen LogP contribution in [0, 0.1) is 5.92 Å². The standard InChI is InChI=1S/C17H13ClN2O3/c18-11-6-8-12(9-7-11)20-14(10-4-2-1-3-5-10)13-15(23-20)17(22)19-16(13)21/h1-9,13-15H,(H,19,21,22)/t13-,14-,15+/m1/s1. The fourth-order valence-corrected chi connectivity index (χ4v) is 3.26. The highest BCUT2D eigenvalue weighted by atomic mass is 35.5. The number of anilines is 1. The zero-order valence-corrected chi connectivity index (χ0v) is 12.7. The van der Waals surface area contributed by atoms with Gasteiger partial charge in [-0.2, -0.15) is 0 Å². The quantitative estimate of drug-likeness (QED) is 0.860. The highest BCUT2D eigenvalue weighted by molar-refractivity contribution is 6.30. The first kappa shape index (κ1) is 14.2. The van der Waals surface area contributed by atoms with E-state index in [1.54, 1.807) is 17.2 Å². The van der Waals surface area contributed by atoms with Gasteiger partial charge in [-0.1, -0.05) is 41.9 Å². The first-order valence-corrected chi connectivity index (χ1v) is 7.64. The van der Waals surface area contributed by atoms with Crippen LogP contribution in [0.15, 0.2) is 54.6 Å². The van der Waals surface area contributed by atoms with Crippen molar-refractivity contribution in [2.45, 2.75) is 12.1 Å². The zero-order valence-electron chi connectivity index (χ0n) is 12.0. The maximum atomic E-state index is 12.2. The van der Waals surface area contributed by atoms with Crippen molar-refractivity contribution < 1.29 is 14.4 Å². The van der Waals surface area contributed by atoms with Gasteiger partial charge in [-0.15, -0.1) is 0 Å². The van der Waals surface area contributed by atoms with Gasteiger partial charge in [-0.3, -0.25) is 19.7 Å². The summed E-state index contributed by atoms with van der Waals surface area (Å²) in [7, 11) is 0. The van der Waals surface area contributed by atoms with Crippen molar-refractivity contribution in [2.24, 2.45) is 5.92 Å². The Morgan fingerprint density at radius 1 is 0.957 bits per heavy atom. The van der Waals surface area contributed by atoms with Gasteiger partial charge in [0.15, 0.2) is 6.10 Å². The van der Waals surface area contributed by atoms with Crippen molar-refractivity contribution in [3.05, 3.63) is 65.2 Å². The molecule has 4 rings (SSSR count). The van der Waals surface area contributed by atoms with E-state index in [9.17, 15) is 9.59 Å². The molecule has 2 aromatic carbocycles. The molecular formula is C17H13ClN2O3. The molecule has 2 aliphatic rings. The number of hydrogen-bond donors (Lipinski definition) is 1. The third-order valence-corrected chi connectivity index (χ3v) is 4.43. The predicted molar refractivity (Wildman–Crippen MR) is 84.6 cm³/mol. The molecule has 2 aromatic rings. The van der Waals surface area contributed by atoms with Gasteiger partial charge in [0.05, 0.1) is 11.7 Å². The Hall–Kier alpha value is -2.37. The van der Waals surface area contributed by atoms with Crippen LogP contribution in [0.2, 0.25) is 5.02 Å². The second-order valence-corrected chi connectivity index (χ2v) is 6.00. The molecule has 116 valence electrons. The normalized spacial score (nSPS) is 26.3. The summed E-state index contributed by atoms with van der Waals surface area (Å²) in [6.45, 7) is 0. The second kappa shape index (κ2) is 5.37. The molecule has 6 heteroatoms. The summed E-state index contributed by atoms with van der Waals surface area (Å²) < 4.78 is 0. The molecule has 0 radical (unpaired) electrons. The van der Waals surface area contributed by atoms with Gasteiger partial charge in [-0.25, -0.2) is 5.06 Å². The van der Waals surface area contributed by atoms with Crippen molar-refractivity contribution >= 4 is 29.1 Å². The number of nitrogens with one attached hydrogen (secondary N) is 1. The lowest BCUT2D eigenvalue weighted by Gasteiger charge is -2.27. The third-order valence-electron chi connectivity index (χ3n) is 4.18. The zero-order chi connectivity index (χ0) is 16.0. The molecule has 0 unspecified atom stereocenters. The van der Waals surface area contributed by atoms with Crippen LogP contribution >= 0.6 is 11.6 Å². The number of carbonyl (C=O) groups is 2. The minimum absolute atomic E-state index is 0.301. The van der Waals surface area contributed by atoms with Crippen molar-refractivity contribution in [3.8, 4) is 0 Å². The van der Waals surface area contributed by atoms with E-state index in [4.69, 9.17) is 16.4 Å². The van der Waals surface area contributed by atoms with E-state index in [-0.39, 0.29) is 11.9 Å². The average molecular weight is 329 g/mol. The number of amides is 2. The van der Waals surface area contributed by atoms with Gasteiger partial charge in [0.25, 0.3) is 5.91 Å². The van der Waals surface area contributed by atoms with Crippen LogP contribution in [0.3, 0.4) is 0 Å². The molecule has 0 spiro atoms. The molecule has 23 heavy (non-hydrogen) atoms. The Morgan fingerprint density at radius 2 is 1.65 bits per heavy atom. The molecule has 0 aromatic heterocycles. The predicted octanol–water partition coefficient (Wildman–Crippen LogP) is 2.47. The number of rotatable bonds is 2. The number of fused-ring (bicyclic) bond motifs is 1. The number of imide groups is 1. The fraction of sp³-hybridized carbons (Fsp3) is 0.176. The van der Waals surface area contributed by atoms with Crippen LogP contribution in [0.5, 0.6) is 0 Å². The van der Waals surface area contributed by atoms with Crippen molar-refractivity contribution in [3.63, 3.8) is 0 Å². The Kier molecular flexibility index (Phi) is 3.32. The lowest BCUT2D eigenvalue weighted by atomic mass is 9.91. The van der Waals surface area contributed by atoms with E-state index in [1.807, 2.05) is 42.5 Å². The van der Waals surface area contributed by atoms with Crippen LogP contribution < -0.4 is 10.4 Å². The summed E-state index contributed by atoms with van der Waals surface area (Å²) in [6, 6.07) is 16.3. The molecule has 2 fully saturated rings. The molecule has 2 saturated heterocycles. The van der Waals surface area contributed by atoms with E-state index < -0.39 is 17.9 Å². The monoisotopic (exact) mass is 328 g/mol. The van der Waals surface area contributed by atoms with Crippen LogP contribution in [-0.2, 0) is 14.4 Å². The van der Waals surface area contributed by atoms with E-state index in [1.165, 1.54) is 0 Å². The fourth-order valence-electron chi connectivity index (χ4n) is 3.14. The maximum absolute atomic E-state index is 12.2. The first-order chi connectivity index (χ1) is 11.1. The Bertz CT molecular complexity index is 763. The molecule has 1 N–H and O–H groups in total. The van der Waals surface area contributed by atoms with Gasteiger partial charge in [-0.05, 0) is 29.8 Å². The van der Waals surface area contributed by atoms with E-state index >= 15 is 0 Å². The second-order valence-electron chi connectivity index (χ2n) is 5.56. The van der Waals surface area contributed by atoms with Gasteiger partial charge >= 0.3 is 0 Å². The summed E-state index contributed by atoms with van der Waals surface area (Å²) in [5, 5.41) is 4.60. The van der Waals surface area contributed by atoms with Crippen LogP contribution in [0.4, 0.5) is 5.69 Å². The Balaban J connectivity index is 1.80. The van der Waals surface area contributed by atoms with E-state index in [0.717, 1.165) is 11.3 Å². The molecule has 0 bridgehead atoms. The lowest BCUT2D eigenvalue weighted by Crippen LogP contribution is -2.33. The topological polar surface area (TPSA) is 58.6 Å². The largest absolute Gasteiger partial charge is 0.294 e. The van der Waals surface area contributed by atoms with E-state index in [2.05, 4.69) is 5.32 Å². The molecule has 3 atom stereocenters. The first-order valence-electron chi connectivity index (χ1n) is 7.26. The molecule has 0 saturated carbocycles. The number of nitrogens with zero attached hydrogens (tertiary/aromatic N) is 1. The molecule has 2 aliphatic heterocycles. The van der Waals surface area contributed by atoms with Gasteiger partial charge in [0.1, 0.15) is 5.92 Å². The third kappa shape index (κ3) is 2.29. The van der Waals surface area contributed by atoms with Gasteiger partial charge in [0.2, 0.25) is 5.91 Å². The minimum atomic E-state index is -0.802.